The molecule has 0 spiro atoms. The average molecular weight is 467 g/mol. The second-order valence-corrected chi connectivity index (χ2v) is 8.52. The molecule has 1 fully saturated rings. The highest BCUT2D eigenvalue weighted by molar-refractivity contribution is 5.31. The number of alkyl halides is 3. The molecule has 0 bridgehead atoms. The summed E-state index contributed by atoms with van der Waals surface area (Å²) in [4.78, 5) is 1.88. The molecule has 2 aromatic rings. The van der Waals surface area contributed by atoms with Gasteiger partial charge in [-0.1, -0.05) is 30.3 Å². The van der Waals surface area contributed by atoms with Crippen molar-refractivity contribution in [3.8, 4) is 11.5 Å². The zero-order valence-corrected chi connectivity index (χ0v) is 18.8. The molecule has 182 valence electrons. The lowest BCUT2D eigenvalue weighted by Crippen LogP contribution is -2.40. The zero-order chi connectivity index (χ0) is 23.5. The Balaban J connectivity index is 1.25. The van der Waals surface area contributed by atoms with Crippen LogP contribution >= 0.6 is 0 Å². The lowest BCUT2D eigenvalue weighted by molar-refractivity contribution is -0.138. The predicted molar refractivity (Wildman–Crippen MR) is 121 cm³/mol. The van der Waals surface area contributed by atoms with Crippen molar-refractivity contribution in [2.75, 3.05) is 39.3 Å². The van der Waals surface area contributed by atoms with Crippen LogP contribution in [0.15, 0.2) is 54.6 Å². The van der Waals surface area contributed by atoms with Gasteiger partial charge in [-0.2, -0.15) is 13.2 Å². The zero-order valence-electron chi connectivity index (χ0n) is 18.8. The van der Waals surface area contributed by atoms with Crippen LogP contribution in [0.4, 0.5) is 13.2 Å². The van der Waals surface area contributed by atoms with Gasteiger partial charge in [0, 0.05) is 13.1 Å². The molecule has 3 rings (SSSR count). The van der Waals surface area contributed by atoms with Crippen LogP contribution in [0, 0.1) is 5.92 Å². The molecule has 1 aliphatic rings. The highest BCUT2D eigenvalue weighted by Crippen LogP contribution is 2.23. The van der Waals surface area contributed by atoms with Gasteiger partial charge >= 0.3 is 6.18 Å². The van der Waals surface area contributed by atoms with Crippen molar-refractivity contribution in [3.05, 3.63) is 60.2 Å². The van der Waals surface area contributed by atoms with Gasteiger partial charge in [-0.25, -0.2) is 0 Å². The van der Waals surface area contributed by atoms with Gasteiger partial charge in [0.2, 0.25) is 0 Å². The third-order valence-corrected chi connectivity index (χ3v) is 5.75. The first-order chi connectivity index (χ1) is 15.9. The van der Waals surface area contributed by atoms with Crippen LogP contribution in [0.5, 0.6) is 11.5 Å². The van der Waals surface area contributed by atoms with Crippen LogP contribution in [0.25, 0.3) is 0 Å². The highest BCUT2D eigenvalue weighted by Gasteiger charge is 2.29. The van der Waals surface area contributed by atoms with E-state index in [9.17, 15) is 18.3 Å². The van der Waals surface area contributed by atoms with Gasteiger partial charge in [-0.3, -0.25) is 0 Å². The monoisotopic (exact) mass is 466 g/mol. The molecule has 0 radical (unpaired) electrons. The van der Waals surface area contributed by atoms with Crippen LogP contribution in [0.2, 0.25) is 0 Å². The maximum absolute atomic E-state index is 12.3. The Labute approximate surface area is 193 Å². The lowest BCUT2D eigenvalue weighted by atomic mass is 9.96. The Morgan fingerprint density at radius 2 is 1.61 bits per heavy atom. The summed E-state index contributed by atoms with van der Waals surface area (Å²) >= 11 is 0. The molecule has 2 N–H and O–H groups in total. The van der Waals surface area contributed by atoms with E-state index in [2.05, 4.69) is 5.32 Å². The number of likely N-dealkylation sites (tertiary alicyclic amines) is 1. The van der Waals surface area contributed by atoms with Crippen molar-refractivity contribution >= 4 is 0 Å². The van der Waals surface area contributed by atoms with Crippen molar-refractivity contribution in [2.24, 2.45) is 5.92 Å². The van der Waals surface area contributed by atoms with E-state index in [1.54, 1.807) is 0 Å². The summed E-state index contributed by atoms with van der Waals surface area (Å²) in [6.07, 6.45) is -3.74. The maximum atomic E-state index is 12.3. The number of halogens is 3. The average Bonchev–Trinajstić information content (AvgIpc) is 2.82. The number of hydrogen-bond acceptors (Lipinski definition) is 5. The SMILES string of the molecule is OC(CNCC1CCN(CCC(F)(F)F)CC1)COc1ccc(OCc2ccccc2)cc1. The third kappa shape index (κ3) is 10.0. The first kappa shape index (κ1) is 25.3. The van der Waals surface area contributed by atoms with Gasteiger partial charge in [0.1, 0.15) is 30.8 Å². The predicted octanol–water partition coefficient (Wildman–Crippen LogP) is 4.26. The number of rotatable bonds is 12. The Kier molecular flexibility index (Phi) is 9.84. The van der Waals surface area contributed by atoms with Gasteiger partial charge in [-0.15, -0.1) is 0 Å². The standard InChI is InChI=1S/C25H33F3N2O3/c26-25(27,28)12-15-30-13-10-20(11-14-30)16-29-17-22(31)19-33-24-8-6-23(7-9-24)32-18-21-4-2-1-3-5-21/h1-9,20,22,29,31H,10-19H2. The van der Waals surface area contributed by atoms with Crippen LogP contribution in [-0.2, 0) is 6.61 Å². The van der Waals surface area contributed by atoms with Crippen LogP contribution in [-0.4, -0.2) is 61.6 Å². The normalized spacial score (nSPS) is 16.5. The minimum atomic E-state index is -4.09. The molecule has 1 saturated heterocycles. The molecular formula is C25H33F3N2O3. The first-order valence-electron chi connectivity index (χ1n) is 11.4. The molecule has 5 nitrogen and oxygen atoms in total. The number of aliphatic hydroxyl groups is 1. The van der Waals surface area contributed by atoms with Crippen molar-refractivity contribution in [3.63, 3.8) is 0 Å². The third-order valence-electron chi connectivity index (χ3n) is 5.75. The molecule has 8 heteroatoms. The van der Waals surface area contributed by atoms with Crippen LogP contribution < -0.4 is 14.8 Å². The summed E-state index contributed by atoms with van der Waals surface area (Å²) in [5.74, 6) is 1.83. The fourth-order valence-electron chi connectivity index (χ4n) is 3.78. The van der Waals surface area contributed by atoms with Crippen LogP contribution in [0.1, 0.15) is 24.8 Å². The fourth-order valence-corrected chi connectivity index (χ4v) is 3.78. The Bertz CT molecular complexity index is 795. The quantitative estimate of drug-likeness (QED) is 0.490. The number of aliphatic hydroxyl groups excluding tert-OH is 1. The largest absolute Gasteiger partial charge is 0.491 e. The molecular weight excluding hydrogens is 433 g/mol. The van der Waals surface area contributed by atoms with E-state index in [0.29, 0.717) is 37.9 Å². The summed E-state index contributed by atoms with van der Waals surface area (Å²) in [5.41, 5.74) is 1.10. The number of ether oxygens (including phenoxy) is 2. The Morgan fingerprint density at radius 1 is 0.970 bits per heavy atom. The van der Waals surface area contributed by atoms with Crippen molar-refractivity contribution in [1.82, 2.24) is 10.2 Å². The molecule has 1 aliphatic heterocycles. The van der Waals surface area contributed by atoms with Gasteiger partial charge < -0.3 is 24.8 Å². The van der Waals surface area contributed by atoms with Crippen molar-refractivity contribution in [2.45, 2.75) is 38.1 Å². The fraction of sp³-hybridized carbons (Fsp3) is 0.520. The van der Waals surface area contributed by atoms with E-state index in [4.69, 9.17) is 9.47 Å². The number of benzene rings is 2. The minimum Gasteiger partial charge on any atom is -0.491 e. The number of nitrogens with zero attached hydrogens (tertiary/aromatic N) is 1. The molecule has 2 aromatic carbocycles. The highest BCUT2D eigenvalue weighted by atomic mass is 19.4. The van der Waals surface area contributed by atoms with E-state index < -0.39 is 18.7 Å². The first-order valence-corrected chi connectivity index (χ1v) is 11.4. The van der Waals surface area contributed by atoms with E-state index in [0.717, 1.165) is 30.7 Å². The number of nitrogens with one attached hydrogen (secondary N) is 1. The maximum Gasteiger partial charge on any atom is 0.390 e. The van der Waals surface area contributed by atoms with Gasteiger partial charge in [-0.05, 0) is 68.2 Å². The topological polar surface area (TPSA) is 54.0 Å². The molecule has 33 heavy (non-hydrogen) atoms. The molecule has 1 atom stereocenters. The van der Waals surface area contributed by atoms with Crippen molar-refractivity contribution < 1.29 is 27.8 Å². The molecule has 1 heterocycles. The summed E-state index contributed by atoms with van der Waals surface area (Å²) in [6.45, 7) is 3.30. The van der Waals surface area contributed by atoms with Gasteiger partial charge in [0.25, 0.3) is 0 Å². The van der Waals surface area contributed by atoms with E-state index in [-0.39, 0.29) is 13.2 Å². The van der Waals surface area contributed by atoms with Crippen molar-refractivity contribution in [1.29, 1.82) is 0 Å². The van der Waals surface area contributed by atoms with Gasteiger partial charge in [0.15, 0.2) is 0 Å². The van der Waals surface area contributed by atoms with E-state index in [1.165, 1.54) is 0 Å². The summed E-state index contributed by atoms with van der Waals surface area (Å²) < 4.78 is 48.4. The number of piperidine rings is 1. The minimum absolute atomic E-state index is 0.0832. The van der Waals surface area contributed by atoms with E-state index in [1.807, 2.05) is 59.5 Å². The second kappa shape index (κ2) is 12.8. The molecule has 1 unspecified atom stereocenters. The van der Waals surface area contributed by atoms with Crippen LogP contribution in [0.3, 0.4) is 0 Å². The lowest BCUT2D eigenvalue weighted by Gasteiger charge is -2.32. The molecule has 0 aromatic heterocycles. The molecule has 0 aliphatic carbocycles. The molecule has 0 amide bonds. The Morgan fingerprint density at radius 3 is 2.24 bits per heavy atom. The van der Waals surface area contributed by atoms with E-state index >= 15 is 0 Å². The Hall–Kier alpha value is -2.29. The summed E-state index contributed by atoms with van der Waals surface area (Å²) in [6, 6.07) is 17.2. The van der Waals surface area contributed by atoms with Gasteiger partial charge in [0.05, 0.1) is 6.42 Å². The summed E-state index contributed by atoms with van der Waals surface area (Å²) in [7, 11) is 0. The summed E-state index contributed by atoms with van der Waals surface area (Å²) in [5, 5.41) is 13.4. The smallest absolute Gasteiger partial charge is 0.390 e. The number of hydrogen-bond donors (Lipinski definition) is 2. The second-order valence-electron chi connectivity index (χ2n) is 8.52. The molecule has 0 saturated carbocycles.